The molecule has 0 bridgehead atoms. The summed E-state index contributed by atoms with van der Waals surface area (Å²) >= 11 is 0. The molecule has 1 aliphatic rings. The summed E-state index contributed by atoms with van der Waals surface area (Å²) in [6.45, 7) is -0.601. The van der Waals surface area contributed by atoms with E-state index in [4.69, 9.17) is 8.85 Å². The van der Waals surface area contributed by atoms with Crippen molar-refractivity contribution in [3.8, 4) is 17.1 Å². The summed E-state index contributed by atoms with van der Waals surface area (Å²) in [5.74, 6) is -0.0875. The van der Waals surface area contributed by atoms with Crippen molar-refractivity contribution in [2.45, 2.75) is 13.0 Å². The Bertz CT molecular complexity index is 1350. The van der Waals surface area contributed by atoms with Gasteiger partial charge in [0.15, 0.2) is 23.1 Å². The summed E-state index contributed by atoms with van der Waals surface area (Å²) in [5.41, 5.74) is 0.753. The van der Waals surface area contributed by atoms with Crippen LogP contribution in [0.1, 0.15) is 21.5 Å². The molecule has 1 fully saturated rings. The van der Waals surface area contributed by atoms with Crippen molar-refractivity contribution in [1.29, 1.82) is 0 Å². The standard InChI is InChI=1S/C22H27N9O4/c1-13(11-32)30-8-9-31(22(30)34)17-10-16(18(27-26-17)21(33)23-2)25-15-7-5-6-14(19(15)35-4)20-24-12-29(3)28-20/h5-7,10,12-13,32H,8-9,11H2,1-4H3,(H,23,33)(H,25,26)/i2D3. The van der Waals surface area contributed by atoms with Crippen LogP contribution < -0.4 is 20.3 Å². The number of aryl methyl sites for hydroxylation is 1. The van der Waals surface area contributed by atoms with Gasteiger partial charge in [-0.2, -0.15) is 5.10 Å². The number of nitrogens with one attached hydrogen (secondary N) is 2. The van der Waals surface area contributed by atoms with Crippen LogP contribution in [0.4, 0.5) is 22.0 Å². The van der Waals surface area contributed by atoms with Gasteiger partial charge in [-0.3, -0.25) is 14.4 Å². The zero-order valence-electron chi connectivity index (χ0n) is 22.4. The first-order valence-corrected chi connectivity index (χ1v) is 10.7. The summed E-state index contributed by atoms with van der Waals surface area (Å²) in [6, 6.07) is 5.83. The Morgan fingerprint density at radius 3 is 2.83 bits per heavy atom. The maximum Gasteiger partial charge on any atom is 0.326 e. The quantitative estimate of drug-likeness (QED) is 0.425. The van der Waals surface area contributed by atoms with Gasteiger partial charge < -0.3 is 25.4 Å². The van der Waals surface area contributed by atoms with Crippen molar-refractivity contribution in [3.63, 3.8) is 0 Å². The number of aliphatic hydroxyl groups excluding tert-OH is 1. The molecule has 35 heavy (non-hydrogen) atoms. The first kappa shape index (κ1) is 20.1. The highest BCUT2D eigenvalue weighted by Crippen LogP contribution is 2.37. The molecule has 1 saturated heterocycles. The SMILES string of the molecule is [2H]C([2H])([2H])NC(=O)c1nnc(N2CCN(C(C)CO)C2=O)cc1Nc1cccc(-c2ncn(C)n2)c1OC. The lowest BCUT2D eigenvalue weighted by atomic mass is 10.1. The normalized spacial score (nSPS) is 15.9. The Balaban J connectivity index is 1.75. The van der Waals surface area contributed by atoms with E-state index in [2.05, 4.69) is 25.6 Å². The Hall–Kier alpha value is -4.26. The Morgan fingerprint density at radius 1 is 1.31 bits per heavy atom. The minimum Gasteiger partial charge on any atom is -0.494 e. The van der Waals surface area contributed by atoms with Crippen LogP contribution >= 0.6 is 0 Å². The molecule has 2 aromatic heterocycles. The van der Waals surface area contributed by atoms with Gasteiger partial charge in [0.05, 0.1) is 36.7 Å². The number of aromatic nitrogens is 5. The molecule has 1 aliphatic heterocycles. The number of amides is 3. The maximum absolute atomic E-state index is 12.9. The number of rotatable bonds is 8. The van der Waals surface area contributed by atoms with Gasteiger partial charge in [0.2, 0.25) is 0 Å². The third-order valence-electron chi connectivity index (χ3n) is 5.55. The van der Waals surface area contributed by atoms with Crippen LogP contribution in [0.15, 0.2) is 30.6 Å². The van der Waals surface area contributed by atoms with Gasteiger partial charge in [0.1, 0.15) is 6.33 Å². The highest BCUT2D eigenvalue weighted by molar-refractivity contribution is 6.00. The summed E-state index contributed by atoms with van der Waals surface area (Å²) in [4.78, 5) is 32.9. The van der Waals surface area contributed by atoms with Gasteiger partial charge in [-0.1, -0.05) is 6.07 Å². The minimum absolute atomic E-state index is 0.0858. The maximum atomic E-state index is 12.9. The molecule has 0 radical (unpaired) electrons. The number of benzene rings is 1. The van der Waals surface area contributed by atoms with Gasteiger partial charge in [-0.25, -0.2) is 9.78 Å². The molecule has 0 spiro atoms. The van der Waals surface area contributed by atoms with Crippen LogP contribution in [0.3, 0.4) is 0 Å². The fourth-order valence-corrected chi connectivity index (χ4v) is 3.75. The molecular weight excluding hydrogens is 454 g/mol. The van der Waals surface area contributed by atoms with Crippen molar-refractivity contribution in [2.24, 2.45) is 7.05 Å². The van der Waals surface area contributed by atoms with E-state index >= 15 is 0 Å². The summed E-state index contributed by atoms with van der Waals surface area (Å²) in [7, 11) is 3.19. The van der Waals surface area contributed by atoms with Crippen LogP contribution in [0.25, 0.3) is 11.4 Å². The van der Waals surface area contributed by atoms with E-state index in [1.807, 2.05) is 5.32 Å². The van der Waals surface area contributed by atoms with Crippen molar-refractivity contribution in [3.05, 3.63) is 36.3 Å². The van der Waals surface area contributed by atoms with Crippen molar-refractivity contribution in [1.82, 2.24) is 35.2 Å². The van der Waals surface area contributed by atoms with E-state index in [1.165, 1.54) is 23.0 Å². The third-order valence-corrected chi connectivity index (χ3v) is 5.55. The topological polar surface area (TPSA) is 151 Å². The Morgan fingerprint density at radius 2 is 2.14 bits per heavy atom. The molecule has 1 atom stereocenters. The number of aliphatic hydroxyl groups is 1. The number of carbonyl (C=O) groups excluding carboxylic acids is 2. The fraction of sp³-hybridized carbons (Fsp3) is 0.364. The summed E-state index contributed by atoms with van der Waals surface area (Å²) in [5, 5.41) is 26.7. The van der Waals surface area contributed by atoms with Gasteiger partial charge >= 0.3 is 6.03 Å². The van der Waals surface area contributed by atoms with E-state index < -0.39 is 18.9 Å². The lowest BCUT2D eigenvalue weighted by Gasteiger charge is -2.23. The van der Waals surface area contributed by atoms with Crippen molar-refractivity contribution < 1.29 is 23.5 Å². The van der Waals surface area contributed by atoms with E-state index in [-0.39, 0.29) is 36.4 Å². The fourth-order valence-electron chi connectivity index (χ4n) is 3.75. The number of methoxy groups -OCH3 is 1. The molecule has 3 heterocycles. The van der Waals surface area contributed by atoms with E-state index in [9.17, 15) is 14.7 Å². The molecule has 3 N–H and O–H groups in total. The third kappa shape index (κ3) is 4.57. The van der Waals surface area contributed by atoms with Crippen LogP contribution in [-0.2, 0) is 7.05 Å². The molecule has 1 unspecified atom stereocenters. The van der Waals surface area contributed by atoms with Gasteiger partial charge in [-0.05, 0) is 19.1 Å². The number of ether oxygens (including phenoxy) is 1. The molecule has 13 heteroatoms. The molecule has 4 rings (SSSR count). The molecular formula is C22H27N9O4. The average molecular weight is 485 g/mol. The van der Waals surface area contributed by atoms with Crippen LogP contribution in [0, 0.1) is 0 Å². The highest BCUT2D eigenvalue weighted by atomic mass is 16.5. The first-order valence-electron chi connectivity index (χ1n) is 12.2. The molecule has 0 saturated carbocycles. The van der Waals surface area contributed by atoms with Crippen LogP contribution in [0.5, 0.6) is 5.75 Å². The lowest BCUT2D eigenvalue weighted by molar-refractivity contribution is 0.0958. The molecule has 3 aromatic rings. The molecule has 0 aliphatic carbocycles. The number of nitrogens with zero attached hydrogens (tertiary/aromatic N) is 7. The highest BCUT2D eigenvalue weighted by Gasteiger charge is 2.34. The van der Waals surface area contributed by atoms with E-state index in [0.29, 0.717) is 29.4 Å². The summed E-state index contributed by atoms with van der Waals surface area (Å²) in [6.07, 6.45) is 1.54. The van der Waals surface area contributed by atoms with Gasteiger partial charge in [-0.15, -0.1) is 10.2 Å². The lowest BCUT2D eigenvalue weighted by Crippen LogP contribution is -2.40. The van der Waals surface area contributed by atoms with Crippen LogP contribution in [0.2, 0.25) is 0 Å². The monoisotopic (exact) mass is 484 g/mol. The zero-order chi connectivity index (χ0) is 27.6. The van der Waals surface area contributed by atoms with E-state index in [0.717, 1.165) is 0 Å². The van der Waals surface area contributed by atoms with E-state index in [1.54, 1.807) is 43.2 Å². The number of urea groups is 1. The number of carbonyl (C=O) groups is 2. The predicted octanol–water partition coefficient (Wildman–Crippen LogP) is 1.01. The summed E-state index contributed by atoms with van der Waals surface area (Å²) < 4.78 is 29.3. The van der Waals surface area contributed by atoms with Crippen molar-refractivity contribution >= 4 is 29.1 Å². The zero-order valence-corrected chi connectivity index (χ0v) is 19.4. The second-order valence-corrected chi connectivity index (χ2v) is 7.83. The number of anilines is 3. The predicted molar refractivity (Wildman–Crippen MR) is 128 cm³/mol. The molecule has 184 valence electrons. The smallest absolute Gasteiger partial charge is 0.326 e. The number of hydrogen-bond donors (Lipinski definition) is 3. The van der Waals surface area contributed by atoms with Crippen molar-refractivity contribution in [2.75, 3.05) is 44.0 Å². The molecule has 3 amide bonds. The largest absolute Gasteiger partial charge is 0.494 e. The Labute approximate surface area is 205 Å². The Kier molecular flexibility index (Phi) is 5.71. The average Bonchev–Trinajstić information content (AvgIpc) is 3.47. The second-order valence-electron chi connectivity index (χ2n) is 7.83. The second kappa shape index (κ2) is 9.93. The van der Waals surface area contributed by atoms with Gasteiger partial charge in [0, 0.05) is 37.3 Å². The number of para-hydroxylation sites is 1. The molecule has 13 nitrogen and oxygen atoms in total. The van der Waals surface area contributed by atoms with Crippen LogP contribution in [-0.4, -0.2) is 86.7 Å². The number of hydrogen-bond acceptors (Lipinski definition) is 9. The first-order chi connectivity index (χ1) is 18.0. The minimum atomic E-state index is -2.76. The van der Waals surface area contributed by atoms with Gasteiger partial charge in [0.25, 0.3) is 5.91 Å². The molecule has 1 aromatic carbocycles.